The quantitative estimate of drug-likeness (QED) is 0.392. The molecule has 2 N–H and O–H groups in total. The molecule has 0 spiro atoms. The van der Waals surface area contributed by atoms with Crippen molar-refractivity contribution in [1.29, 1.82) is 0 Å². The number of nitrogens with one attached hydrogen (secondary N) is 2. The first-order valence-corrected chi connectivity index (χ1v) is 11.2. The molecule has 0 aliphatic heterocycles. The molecule has 4 rings (SSSR count). The summed E-state index contributed by atoms with van der Waals surface area (Å²) in [5, 5.41) is 6.09. The smallest absolute Gasteiger partial charge is 0.260 e. The van der Waals surface area contributed by atoms with Gasteiger partial charge in [-0.25, -0.2) is 4.98 Å². The standard InChI is InChI=1S/C24H27N3O2S/c1-14(2)16-7-9-17(10-8-16)22(15(3)4)25-12-20-26-23(28)21-18(13-30-24(21)27-20)19-6-5-11-29-19/h5-11,13-15,22,25H,12H2,1-4H3,(H,26,27,28)/t22-/m1/s1. The number of rotatable bonds is 7. The van der Waals surface area contributed by atoms with Crippen LogP contribution in [0, 0.1) is 5.92 Å². The first kappa shape index (κ1) is 20.6. The Morgan fingerprint density at radius 2 is 1.83 bits per heavy atom. The zero-order chi connectivity index (χ0) is 21.3. The molecule has 0 saturated carbocycles. The Labute approximate surface area is 180 Å². The molecule has 0 bridgehead atoms. The maximum Gasteiger partial charge on any atom is 0.260 e. The molecule has 1 aromatic carbocycles. The Morgan fingerprint density at radius 1 is 1.10 bits per heavy atom. The number of H-pyrrole nitrogens is 1. The second kappa shape index (κ2) is 8.58. The van der Waals surface area contributed by atoms with Crippen molar-refractivity contribution in [3.8, 4) is 11.3 Å². The van der Waals surface area contributed by atoms with E-state index in [1.165, 1.54) is 22.5 Å². The fourth-order valence-electron chi connectivity index (χ4n) is 3.72. The van der Waals surface area contributed by atoms with Crippen LogP contribution in [0.2, 0.25) is 0 Å². The summed E-state index contributed by atoms with van der Waals surface area (Å²) in [6.45, 7) is 9.29. The molecule has 6 heteroatoms. The summed E-state index contributed by atoms with van der Waals surface area (Å²) in [7, 11) is 0. The minimum absolute atomic E-state index is 0.133. The zero-order valence-corrected chi connectivity index (χ0v) is 18.5. The molecule has 0 aliphatic carbocycles. The lowest BCUT2D eigenvalue weighted by Gasteiger charge is -2.23. The van der Waals surface area contributed by atoms with Crippen LogP contribution >= 0.6 is 11.3 Å². The Bertz CT molecular complexity index is 1170. The molecule has 30 heavy (non-hydrogen) atoms. The van der Waals surface area contributed by atoms with Gasteiger partial charge in [-0.05, 0) is 35.1 Å². The van der Waals surface area contributed by atoms with E-state index in [1.54, 1.807) is 6.26 Å². The van der Waals surface area contributed by atoms with Crippen LogP contribution in [0.5, 0.6) is 0 Å². The highest BCUT2D eigenvalue weighted by atomic mass is 32.1. The van der Waals surface area contributed by atoms with Crippen LogP contribution in [-0.2, 0) is 6.54 Å². The Kier molecular flexibility index (Phi) is 5.88. The van der Waals surface area contributed by atoms with Gasteiger partial charge >= 0.3 is 0 Å². The molecule has 0 radical (unpaired) electrons. The first-order chi connectivity index (χ1) is 14.4. The number of hydrogen-bond donors (Lipinski definition) is 2. The van der Waals surface area contributed by atoms with Crippen molar-refractivity contribution in [2.75, 3.05) is 0 Å². The van der Waals surface area contributed by atoms with Crippen molar-refractivity contribution in [1.82, 2.24) is 15.3 Å². The number of aromatic amines is 1. The predicted octanol–water partition coefficient (Wildman–Crippen LogP) is 5.85. The number of aromatic nitrogens is 2. The third kappa shape index (κ3) is 4.11. The van der Waals surface area contributed by atoms with Gasteiger partial charge in [0, 0.05) is 17.0 Å². The van der Waals surface area contributed by atoms with Crippen molar-refractivity contribution < 1.29 is 4.42 Å². The summed E-state index contributed by atoms with van der Waals surface area (Å²) in [6.07, 6.45) is 1.61. The highest BCUT2D eigenvalue weighted by Crippen LogP contribution is 2.31. The molecule has 3 heterocycles. The van der Waals surface area contributed by atoms with E-state index in [9.17, 15) is 4.79 Å². The normalized spacial score (nSPS) is 12.9. The van der Waals surface area contributed by atoms with E-state index < -0.39 is 0 Å². The molecule has 3 aromatic heterocycles. The van der Waals surface area contributed by atoms with Crippen molar-refractivity contribution >= 4 is 21.6 Å². The molecular weight excluding hydrogens is 394 g/mol. The lowest BCUT2D eigenvalue weighted by atomic mass is 9.93. The van der Waals surface area contributed by atoms with E-state index in [0.29, 0.717) is 35.4 Å². The van der Waals surface area contributed by atoms with Crippen LogP contribution in [0.25, 0.3) is 21.5 Å². The minimum atomic E-state index is -0.133. The van der Waals surface area contributed by atoms with E-state index in [0.717, 1.165) is 10.4 Å². The van der Waals surface area contributed by atoms with E-state index in [2.05, 4.69) is 67.2 Å². The van der Waals surface area contributed by atoms with Crippen molar-refractivity contribution in [2.24, 2.45) is 5.92 Å². The maximum atomic E-state index is 12.8. The van der Waals surface area contributed by atoms with Gasteiger partial charge in [0.15, 0.2) is 0 Å². The molecular formula is C24H27N3O2S. The average Bonchev–Trinajstić information content (AvgIpc) is 3.38. The van der Waals surface area contributed by atoms with Gasteiger partial charge in [-0.2, -0.15) is 0 Å². The lowest BCUT2D eigenvalue weighted by molar-refractivity contribution is 0.406. The molecule has 0 saturated heterocycles. The Balaban J connectivity index is 1.56. The van der Waals surface area contributed by atoms with Crippen LogP contribution in [0.3, 0.4) is 0 Å². The number of thiophene rings is 1. The highest BCUT2D eigenvalue weighted by Gasteiger charge is 2.18. The van der Waals surface area contributed by atoms with E-state index in [4.69, 9.17) is 4.42 Å². The molecule has 0 fully saturated rings. The minimum Gasteiger partial charge on any atom is -0.464 e. The number of benzene rings is 1. The van der Waals surface area contributed by atoms with Gasteiger partial charge in [-0.3, -0.25) is 4.79 Å². The Morgan fingerprint density at radius 3 is 2.47 bits per heavy atom. The van der Waals surface area contributed by atoms with Gasteiger partial charge in [-0.15, -0.1) is 11.3 Å². The van der Waals surface area contributed by atoms with Gasteiger partial charge in [0.05, 0.1) is 18.2 Å². The molecule has 0 amide bonds. The highest BCUT2D eigenvalue weighted by molar-refractivity contribution is 7.17. The van der Waals surface area contributed by atoms with Gasteiger partial charge in [0.2, 0.25) is 0 Å². The summed E-state index contributed by atoms with van der Waals surface area (Å²) >= 11 is 1.46. The van der Waals surface area contributed by atoms with Crippen LogP contribution < -0.4 is 10.9 Å². The van der Waals surface area contributed by atoms with Crippen LogP contribution in [-0.4, -0.2) is 9.97 Å². The Hall–Kier alpha value is -2.70. The topological polar surface area (TPSA) is 70.9 Å². The van der Waals surface area contributed by atoms with Gasteiger partial charge in [0.1, 0.15) is 16.4 Å². The number of nitrogens with zero attached hydrogens (tertiary/aromatic N) is 1. The first-order valence-electron chi connectivity index (χ1n) is 10.3. The second-order valence-corrected chi connectivity index (χ2v) is 9.10. The summed E-state index contributed by atoms with van der Waals surface area (Å²) in [5.74, 6) is 2.24. The average molecular weight is 422 g/mol. The molecule has 156 valence electrons. The van der Waals surface area contributed by atoms with E-state index >= 15 is 0 Å². The van der Waals surface area contributed by atoms with Crippen LogP contribution in [0.4, 0.5) is 0 Å². The lowest BCUT2D eigenvalue weighted by Crippen LogP contribution is -2.27. The van der Waals surface area contributed by atoms with E-state index in [-0.39, 0.29) is 11.6 Å². The molecule has 5 nitrogen and oxygen atoms in total. The van der Waals surface area contributed by atoms with Crippen molar-refractivity contribution in [3.05, 3.63) is 75.3 Å². The van der Waals surface area contributed by atoms with Gasteiger partial charge in [0.25, 0.3) is 5.56 Å². The number of hydrogen-bond acceptors (Lipinski definition) is 5. The van der Waals surface area contributed by atoms with Gasteiger partial charge < -0.3 is 14.7 Å². The fraction of sp³-hybridized carbons (Fsp3) is 0.333. The van der Waals surface area contributed by atoms with Crippen molar-refractivity contribution in [2.45, 2.75) is 46.2 Å². The molecule has 0 unspecified atom stereocenters. The number of furan rings is 1. The van der Waals surface area contributed by atoms with Crippen LogP contribution in [0.1, 0.15) is 56.6 Å². The summed E-state index contributed by atoms with van der Waals surface area (Å²) in [4.78, 5) is 21.1. The fourth-order valence-corrected chi connectivity index (χ4v) is 4.67. The number of fused-ring (bicyclic) bond motifs is 1. The van der Waals surface area contributed by atoms with Crippen LogP contribution in [0.15, 0.2) is 57.3 Å². The predicted molar refractivity (Wildman–Crippen MR) is 123 cm³/mol. The maximum absolute atomic E-state index is 12.8. The molecule has 4 aromatic rings. The summed E-state index contributed by atoms with van der Waals surface area (Å²) < 4.78 is 5.46. The SMILES string of the molecule is CC(C)c1ccc([C@H](NCc2nc3scc(-c4ccco4)c3c(=O)[nH]2)C(C)C)cc1. The largest absolute Gasteiger partial charge is 0.464 e. The summed E-state index contributed by atoms with van der Waals surface area (Å²) in [6, 6.07) is 12.6. The molecule has 1 atom stereocenters. The molecule has 0 aliphatic rings. The van der Waals surface area contributed by atoms with Crippen molar-refractivity contribution in [3.63, 3.8) is 0 Å². The second-order valence-electron chi connectivity index (χ2n) is 8.24. The summed E-state index contributed by atoms with van der Waals surface area (Å²) in [5.41, 5.74) is 3.24. The zero-order valence-electron chi connectivity index (χ0n) is 17.7. The van der Waals surface area contributed by atoms with E-state index in [1.807, 2.05) is 17.5 Å². The van der Waals surface area contributed by atoms with Gasteiger partial charge in [-0.1, -0.05) is 52.0 Å². The third-order valence-electron chi connectivity index (χ3n) is 5.40. The third-order valence-corrected chi connectivity index (χ3v) is 6.27. The monoisotopic (exact) mass is 421 g/mol.